The first kappa shape index (κ1) is 10.5. The maximum Gasteiger partial charge on any atom is 0.322 e. The normalized spacial score (nSPS) is 34.2. The van der Waals surface area contributed by atoms with Crippen LogP contribution in [0.5, 0.6) is 0 Å². The van der Waals surface area contributed by atoms with Gasteiger partial charge in [0.25, 0.3) is 0 Å². The lowest BCUT2D eigenvalue weighted by atomic mass is 9.92. The Balaban J connectivity index is 2.43. The molecular weight excluding hydrogens is 170 g/mol. The maximum absolute atomic E-state index is 11.1. The zero-order valence-corrected chi connectivity index (χ0v) is 8.42. The molecule has 0 amide bonds. The van der Waals surface area contributed by atoms with E-state index in [9.17, 15) is 4.79 Å². The number of methoxy groups -OCH3 is 2. The van der Waals surface area contributed by atoms with Gasteiger partial charge < -0.3 is 14.8 Å². The van der Waals surface area contributed by atoms with Crippen LogP contribution < -0.4 is 5.32 Å². The smallest absolute Gasteiger partial charge is 0.322 e. The SMILES string of the molecule is COC(=O)C1CCC(C)(OC)CN1. The number of hydrogen-bond donors (Lipinski definition) is 1. The van der Waals surface area contributed by atoms with Crippen LogP contribution in [0.1, 0.15) is 19.8 Å². The maximum atomic E-state index is 11.1. The molecule has 0 aromatic carbocycles. The molecule has 0 bridgehead atoms. The minimum atomic E-state index is -0.182. The van der Waals surface area contributed by atoms with Crippen LogP contribution in [0.4, 0.5) is 0 Å². The molecule has 0 radical (unpaired) electrons. The van der Waals surface area contributed by atoms with Crippen LogP contribution in [-0.2, 0) is 14.3 Å². The highest BCUT2D eigenvalue weighted by Gasteiger charge is 2.33. The predicted molar refractivity (Wildman–Crippen MR) is 48.5 cm³/mol. The molecule has 1 rings (SSSR count). The van der Waals surface area contributed by atoms with Gasteiger partial charge in [-0.1, -0.05) is 0 Å². The zero-order valence-electron chi connectivity index (χ0n) is 8.42. The summed E-state index contributed by atoms with van der Waals surface area (Å²) in [7, 11) is 3.11. The van der Waals surface area contributed by atoms with Crippen LogP contribution in [-0.4, -0.2) is 38.4 Å². The van der Waals surface area contributed by atoms with Gasteiger partial charge in [0.15, 0.2) is 0 Å². The van der Waals surface area contributed by atoms with E-state index in [-0.39, 0.29) is 17.6 Å². The van der Waals surface area contributed by atoms with E-state index in [4.69, 9.17) is 4.74 Å². The van der Waals surface area contributed by atoms with Gasteiger partial charge in [-0.15, -0.1) is 0 Å². The highest BCUT2D eigenvalue weighted by Crippen LogP contribution is 2.22. The van der Waals surface area contributed by atoms with E-state index >= 15 is 0 Å². The fraction of sp³-hybridized carbons (Fsp3) is 0.889. The summed E-state index contributed by atoms with van der Waals surface area (Å²) in [6, 6.07) is -0.159. The lowest BCUT2D eigenvalue weighted by Gasteiger charge is -2.35. The van der Waals surface area contributed by atoms with Crippen LogP contribution >= 0.6 is 0 Å². The summed E-state index contributed by atoms with van der Waals surface area (Å²) in [6.45, 7) is 2.73. The molecule has 1 saturated heterocycles. The average molecular weight is 187 g/mol. The third-order valence-corrected chi connectivity index (χ3v) is 2.66. The molecule has 1 aliphatic rings. The Hall–Kier alpha value is -0.610. The minimum Gasteiger partial charge on any atom is -0.468 e. The molecule has 0 aromatic heterocycles. The van der Waals surface area contributed by atoms with Gasteiger partial charge in [-0.05, 0) is 19.8 Å². The molecule has 2 atom stereocenters. The van der Waals surface area contributed by atoms with E-state index in [0.29, 0.717) is 6.54 Å². The van der Waals surface area contributed by atoms with Crippen molar-refractivity contribution in [2.24, 2.45) is 0 Å². The summed E-state index contributed by atoms with van der Waals surface area (Å²) in [5.41, 5.74) is -0.134. The molecule has 1 fully saturated rings. The van der Waals surface area contributed by atoms with E-state index in [2.05, 4.69) is 10.1 Å². The van der Waals surface area contributed by atoms with Crippen molar-refractivity contribution in [1.82, 2.24) is 5.32 Å². The van der Waals surface area contributed by atoms with Crippen molar-refractivity contribution in [2.45, 2.75) is 31.4 Å². The van der Waals surface area contributed by atoms with Crippen LogP contribution in [0, 0.1) is 0 Å². The number of nitrogens with one attached hydrogen (secondary N) is 1. The number of piperidine rings is 1. The molecule has 76 valence electrons. The number of carbonyl (C=O) groups is 1. The van der Waals surface area contributed by atoms with Gasteiger partial charge in [-0.3, -0.25) is 4.79 Å². The Morgan fingerprint density at radius 3 is 2.62 bits per heavy atom. The van der Waals surface area contributed by atoms with Crippen molar-refractivity contribution in [3.8, 4) is 0 Å². The van der Waals surface area contributed by atoms with Gasteiger partial charge in [0.2, 0.25) is 0 Å². The van der Waals surface area contributed by atoms with Gasteiger partial charge in [0.05, 0.1) is 12.7 Å². The molecule has 1 aliphatic heterocycles. The minimum absolute atomic E-state index is 0.134. The number of carbonyl (C=O) groups excluding carboxylic acids is 1. The van der Waals surface area contributed by atoms with Crippen LogP contribution in [0.3, 0.4) is 0 Å². The average Bonchev–Trinajstić information content (AvgIpc) is 2.18. The molecule has 0 saturated carbocycles. The predicted octanol–water partition coefficient (Wildman–Crippen LogP) is 0.316. The third kappa shape index (κ3) is 2.42. The molecular formula is C9H17NO3. The van der Waals surface area contributed by atoms with E-state index in [0.717, 1.165) is 12.8 Å². The quantitative estimate of drug-likeness (QED) is 0.632. The Bertz CT molecular complexity index is 185. The molecule has 0 aliphatic carbocycles. The van der Waals surface area contributed by atoms with E-state index in [1.54, 1.807) is 7.11 Å². The van der Waals surface area contributed by atoms with Gasteiger partial charge in [-0.25, -0.2) is 0 Å². The number of rotatable bonds is 2. The second kappa shape index (κ2) is 4.07. The van der Waals surface area contributed by atoms with Gasteiger partial charge in [0, 0.05) is 13.7 Å². The molecule has 1 N–H and O–H groups in total. The van der Waals surface area contributed by atoms with Crippen LogP contribution in [0.25, 0.3) is 0 Å². The fourth-order valence-electron chi connectivity index (χ4n) is 1.50. The van der Waals surface area contributed by atoms with Crippen LogP contribution in [0.15, 0.2) is 0 Å². The Morgan fingerprint density at radius 1 is 1.54 bits per heavy atom. The Labute approximate surface area is 78.6 Å². The van der Waals surface area contributed by atoms with Crippen molar-refractivity contribution >= 4 is 5.97 Å². The highest BCUT2D eigenvalue weighted by atomic mass is 16.5. The fourth-order valence-corrected chi connectivity index (χ4v) is 1.50. The van der Waals surface area contributed by atoms with Gasteiger partial charge in [0.1, 0.15) is 6.04 Å². The second-order valence-corrected chi connectivity index (χ2v) is 3.65. The monoisotopic (exact) mass is 187 g/mol. The first-order valence-corrected chi connectivity index (χ1v) is 4.48. The first-order chi connectivity index (χ1) is 6.11. The summed E-state index contributed by atoms with van der Waals surface area (Å²) in [6.07, 6.45) is 1.66. The lowest BCUT2D eigenvalue weighted by Crippen LogP contribution is -2.52. The van der Waals surface area contributed by atoms with Crippen molar-refractivity contribution in [2.75, 3.05) is 20.8 Å². The highest BCUT2D eigenvalue weighted by molar-refractivity contribution is 5.75. The molecule has 1 heterocycles. The lowest BCUT2D eigenvalue weighted by molar-refractivity contribution is -0.145. The van der Waals surface area contributed by atoms with Crippen molar-refractivity contribution in [3.63, 3.8) is 0 Å². The largest absolute Gasteiger partial charge is 0.468 e. The molecule has 0 aromatic rings. The van der Waals surface area contributed by atoms with E-state index in [1.807, 2.05) is 6.92 Å². The molecule has 13 heavy (non-hydrogen) atoms. The van der Waals surface area contributed by atoms with Crippen molar-refractivity contribution < 1.29 is 14.3 Å². The third-order valence-electron chi connectivity index (χ3n) is 2.66. The first-order valence-electron chi connectivity index (χ1n) is 4.48. The molecule has 0 spiro atoms. The van der Waals surface area contributed by atoms with Gasteiger partial charge in [-0.2, -0.15) is 0 Å². The van der Waals surface area contributed by atoms with Crippen LogP contribution in [0.2, 0.25) is 0 Å². The second-order valence-electron chi connectivity index (χ2n) is 3.65. The van der Waals surface area contributed by atoms with E-state index < -0.39 is 0 Å². The molecule has 4 heteroatoms. The number of ether oxygens (including phenoxy) is 2. The van der Waals surface area contributed by atoms with E-state index in [1.165, 1.54) is 7.11 Å². The van der Waals surface area contributed by atoms with Crippen molar-refractivity contribution in [1.29, 1.82) is 0 Å². The summed E-state index contributed by atoms with van der Waals surface area (Å²) in [5, 5.41) is 3.11. The Morgan fingerprint density at radius 2 is 2.23 bits per heavy atom. The molecule has 4 nitrogen and oxygen atoms in total. The topological polar surface area (TPSA) is 47.6 Å². The summed E-state index contributed by atoms with van der Waals surface area (Å²) < 4.78 is 9.97. The molecule has 2 unspecified atom stereocenters. The zero-order chi connectivity index (χ0) is 9.90. The van der Waals surface area contributed by atoms with Crippen molar-refractivity contribution in [3.05, 3.63) is 0 Å². The standard InChI is InChI=1S/C9H17NO3/c1-9(13-3)5-4-7(10-6-9)8(11)12-2/h7,10H,4-6H2,1-3H3. The summed E-state index contributed by atoms with van der Waals surface area (Å²) in [5.74, 6) is -0.182. The number of hydrogen-bond acceptors (Lipinski definition) is 4. The number of esters is 1. The van der Waals surface area contributed by atoms with Gasteiger partial charge >= 0.3 is 5.97 Å². The Kier molecular flexibility index (Phi) is 3.27. The summed E-state index contributed by atoms with van der Waals surface area (Å²) >= 11 is 0. The summed E-state index contributed by atoms with van der Waals surface area (Å²) in [4.78, 5) is 11.1.